The van der Waals surface area contributed by atoms with Gasteiger partial charge in [0.05, 0.1) is 29.1 Å². The monoisotopic (exact) mass is 290 g/mol. The van der Waals surface area contributed by atoms with E-state index in [1.807, 2.05) is 36.4 Å². The first-order valence-corrected chi connectivity index (χ1v) is 6.85. The van der Waals surface area contributed by atoms with Crippen LogP contribution in [0.1, 0.15) is 24.5 Å². The summed E-state index contributed by atoms with van der Waals surface area (Å²) in [7, 11) is 0. The van der Waals surface area contributed by atoms with Gasteiger partial charge >= 0.3 is 0 Å². The fourth-order valence-corrected chi connectivity index (χ4v) is 1.73. The first-order chi connectivity index (χ1) is 10.8. The van der Waals surface area contributed by atoms with E-state index >= 15 is 0 Å². The quantitative estimate of drug-likeness (QED) is 0.752. The smallest absolute Gasteiger partial charge is 0.119 e. The summed E-state index contributed by atoms with van der Waals surface area (Å²) in [5.74, 6) is 0.797. The Balaban J connectivity index is 2.12. The third kappa shape index (κ3) is 3.91. The topological polar surface area (TPSA) is 81.5 Å². The van der Waals surface area contributed by atoms with E-state index in [4.69, 9.17) is 15.3 Å². The average Bonchev–Trinajstić information content (AvgIpc) is 2.58. The Hall–Kier alpha value is -3.18. The second-order valence-electron chi connectivity index (χ2n) is 4.50. The molecule has 0 bridgehead atoms. The molecule has 0 saturated carbocycles. The molecule has 0 heterocycles. The van der Waals surface area contributed by atoms with Crippen molar-refractivity contribution in [2.75, 3.05) is 6.61 Å². The predicted octanol–water partition coefficient (Wildman–Crippen LogP) is 4.63. The van der Waals surface area contributed by atoms with E-state index in [0.29, 0.717) is 29.1 Å². The molecular formula is C17H14N4O. The van der Waals surface area contributed by atoms with Crippen LogP contribution in [0.5, 0.6) is 5.75 Å². The van der Waals surface area contributed by atoms with Crippen molar-refractivity contribution < 1.29 is 4.74 Å². The highest BCUT2D eigenvalue weighted by molar-refractivity contribution is 5.53. The minimum Gasteiger partial charge on any atom is -0.494 e. The molecule has 0 unspecified atom stereocenters. The largest absolute Gasteiger partial charge is 0.494 e. The molecule has 5 nitrogen and oxygen atoms in total. The molecule has 0 aromatic heterocycles. The van der Waals surface area contributed by atoms with Gasteiger partial charge in [0.15, 0.2) is 0 Å². The van der Waals surface area contributed by atoms with Gasteiger partial charge in [-0.3, -0.25) is 0 Å². The van der Waals surface area contributed by atoms with Gasteiger partial charge in [-0.1, -0.05) is 6.92 Å². The van der Waals surface area contributed by atoms with E-state index in [0.717, 1.165) is 12.2 Å². The number of benzene rings is 2. The minimum atomic E-state index is 0.294. The summed E-state index contributed by atoms with van der Waals surface area (Å²) in [5.41, 5.74) is 1.84. The van der Waals surface area contributed by atoms with Crippen LogP contribution in [-0.2, 0) is 0 Å². The van der Waals surface area contributed by atoms with Crippen molar-refractivity contribution in [2.45, 2.75) is 13.3 Å². The molecule has 2 aromatic carbocycles. The van der Waals surface area contributed by atoms with Gasteiger partial charge in [-0.2, -0.15) is 20.8 Å². The maximum Gasteiger partial charge on any atom is 0.119 e. The van der Waals surface area contributed by atoms with Crippen molar-refractivity contribution in [1.29, 1.82) is 10.5 Å². The van der Waals surface area contributed by atoms with Gasteiger partial charge in [0.1, 0.15) is 17.9 Å². The third-order valence-electron chi connectivity index (χ3n) is 2.83. The normalized spacial score (nSPS) is 10.1. The Morgan fingerprint density at radius 2 is 1.55 bits per heavy atom. The zero-order valence-corrected chi connectivity index (χ0v) is 12.2. The summed E-state index contributed by atoms with van der Waals surface area (Å²) in [5, 5.41) is 26.0. The number of nitrogens with zero attached hydrogens (tertiary/aromatic N) is 4. The van der Waals surface area contributed by atoms with Gasteiger partial charge in [0.2, 0.25) is 0 Å². The molecule has 0 aliphatic rings. The molecule has 0 aliphatic carbocycles. The standard InChI is InChI=1S/C17H14N4O/c1-2-9-22-17-7-5-15(6-8-17)20-21-16-4-3-13(11-18)14(10-16)12-19/h3-8,10H,2,9H2,1H3/b21-20+. The molecule has 0 spiro atoms. The maximum atomic E-state index is 8.97. The lowest BCUT2D eigenvalue weighted by Gasteiger charge is -2.03. The van der Waals surface area contributed by atoms with E-state index in [1.165, 1.54) is 0 Å². The number of nitriles is 2. The van der Waals surface area contributed by atoms with Crippen LogP contribution in [0.3, 0.4) is 0 Å². The summed E-state index contributed by atoms with van der Waals surface area (Å²) in [4.78, 5) is 0. The summed E-state index contributed by atoms with van der Waals surface area (Å²) in [6.07, 6.45) is 0.960. The highest BCUT2D eigenvalue weighted by atomic mass is 16.5. The molecule has 108 valence electrons. The van der Waals surface area contributed by atoms with Crippen LogP contribution in [0, 0.1) is 22.7 Å². The van der Waals surface area contributed by atoms with E-state index in [1.54, 1.807) is 18.2 Å². The second-order valence-corrected chi connectivity index (χ2v) is 4.50. The van der Waals surface area contributed by atoms with E-state index in [-0.39, 0.29) is 0 Å². The van der Waals surface area contributed by atoms with Crippen molar-refractivity contribution in [3.63, 3.8) is 0 Å². The highest BCUT2D eigenvalue weighted by Gasteiger charge is 2.02. The van der Waals surface area contributed by atoms with Crippen LogP contribution in [0.2, 0.25) is 0 Å². The predicted molar refractivity (Wildman–Crippen MR) is 82.3 cm³/mol. The van der Waals surface area contributed by atoms with Crippen molar-refractivity contribution >= 4 is 11.4 Å². The number of hydrogen-bond acceptors (Lipinski definition) is 5. The third-order valence-corrected chi connectivity index (χ3v) is 2.83. The lowest BCUT2D eigenvalue weighted by molar-refractivity contribution is 0.317. The number of rotatable bonds is 5. The fraction of sp³-hybridized carbons (Fsp3) is 0.176. The van der Waals surface area contributed by atoms with Crippen LogP contribution in [-0.4, -0.2) is 6.61 Å². The fourth-order valence-electron chi connectivity index (χ4n) is 1.73. The Morgan fingerprint density at radius 1 is 0.909 bits per heavy atom. The molecule has 22 heavy (non-hydrogen) atoms. The van der Waals surface area contributed by atoms with Gasteiger partial charge in [-0.15, -0.1) is 0 Å². The molecular weight excluding hydrogens is 276 g/mol. The molecule has 0 fully saturated rings. The molecule has 2 rings (SSSR count). The molecule has 0 atom stereocenters. The maximum absolute atomic E-state index is 8.97. The zero-order valence-electron chi connectivity index (χ0n) is 12.2. The van der Waals surface area contributed by atoms with E-state index in [2.05, 4.69) is 17.2 Å². The summed E-state index contributed by atoms with van der Waals surface area (Å²) in [6, 6.07) is 16.0. The molecule has 0 amide bonds. The minimum absolute atomic E-state index is 0.294. The van der Waals surface area contributed by atoms with Crippen molar-refractivity contribution in [3.8, 4) is 17.9 Å². The number of azo groups is 1. The van der Waals surface area contributed by atoms with Gasteiger partial charge in [0.25, 0.3) is 0 Å². The number of hydrogen-bond donors (Lipinski definition) is 0. The summed E-state index contributed by atoms with van der Waals surface area (Å²) in [6.45, 7) is 2.73. The van der Waals surface area contributed by atoms with Gasteiger partial charge in [0, 0.05) is 0 Å². The van der Waals surface area contributed by atoms with Crippen LogP contribution >= 0.6 is 0 Å². The zero-order chi connectivity index (χ0) is 15.8. The molecule has 2 aromatic rings. The first kappa shape index (κ1) is 15.2. The van der Waals surface area contributed by atoms with Gasteiger partial charge < -0.3 is 4.74 Å². The number of ether oxygens (including phenoxy) is 1. The van der Waals surface area contributed by atoms with Crippen LogP contribution < -0.4 is 4.74 Å². The Labute approximate surface area is 129 Å². The van der Waals surface area contributed by atoms with E-state index < -0.39 is 0 Å². The highest BCUT2D eigenvalue weighted by Crippen LogP contribution is 2.23. The lowest BCUT2D eigenvalue weighted by atomic mass is 10.1. The van der Waals surface area contributed by atoms with Crippen LogP contribution in [0.4, 0.5) is 11.4 Å². The van der Waals surface area contributed by atoms with Crippen molar-refractivity contribution in [1.82, 2.24) is 0 Å². The van der Waals surface area contributed by atoms with E-state index in [9.17, 15) is 0 Å². The molecule has 5 heteroatoms. The first-order valence-electron chi connectivity index (χ1n) is 6.85. The van der Waals surface area contributed by atoms with Crippen LogP contribution in [0.25, 0.3) is 0 Å². The molecule has 0 saturated heterocycles. The Morgan fingerprint density at radius 3 is 2.18 bits per heavy atom. The Kier molecular flexibility index (Phi) is 5.23. The SMILES string of the molecule is CCCOc1ccc(/N=N/c2ccc(C#N)c(C#N)c2)cc1. The van der Waals surface area contributed by atoms with Crippen LogP contribution in [0.15, 0.2) is 52.7 Å². The summed E-state index contributed by atoms with van der Waals surface area (Å²) < 4.78 is 5.49. The van der Waals surface area contributed by atoms with Gasteiger partial charge in [-0.25, -0.2) is 0 Å². The van der Waals surface area contributed by atoms with Crippen molar-refractivity contribution in [2.24, 2.45) is 10.2 Å². The summed E-state index contributed by atoms with van der Waals surface area (Å²) >= 11 is 0. The molecule has 0 N–H and O–H groups in total. The lowest BCUT2D eigenvalue weighted by Crippen LogP contribution is -1.93. The Bertz CT molecular complexity index is 752. The molecule has 0 aliphatic heterocycles. The average molecular weight is 290 g/mol. The van der Waals surface area contributed by atoms with Gasteiger partial charge in [-0.05, 0) is 48.9 Å². The second kappa shape index (κ2) is 7.56. The van der Waals surface area contributed by atoms with Crippen molar-refractivity contribution in [3.05, 3.63) is 53.6 Å². The molecule has 0 radical (unpaired) electrons.